The number of aromatic nitrogens is 2. The number of halogens is 3. The number of carboxylic acid groups (broad SMARTS) is 1. The van der Waals surface area contributed by atoms with E-state index in [1.54, 1.807) is 23.2 Å². The normalized spacial score (nSPS) is 20.0. The van der Waals surface area contributed by atoms with Gasteiger partial charge in [0.25, 0.3) is 0 Å². The summed E-state index contributed by atoms with van der Waals surface area (Å²) in [5.41, 5.74) is 0.957. The van der Waals surface area contributed by atoms with Gasteiger partial charge in [0.1, 0.15) is 23.4 Å². The van der Waals surface area contributed by atoms with Gasteiger partial charge in [0.2, 0.25) is 0 Å². The van der Waals surface area contributed by atoms with Gasteiger partial charge in [-0.15, -0.1) is 0 Å². The standard InChI is InChI=1S/C18H14F3N3O2/c19-10-1-2-15(21)13(5-10)16-6-11(20)9-23(16)12-3-4-24-17(7-12)14(8-22-24)18(25)26/h1-5,7-8,11,16H,6,9H2,(H,25,26). The highest BCUT2D eigenvalue weighted by atomic mass is 19.1. The first-order valence-corrected chi connectivity index (χ1v) is 8.00. The number of hydrogen-bond donors (Lipinski definition) is 1. The number of carbonyl (C=O) groups is 1. The van der Waals surface area contributed by atoms with Crippen LogP contribution in [0.2, 0.25) is 0 Å². The lowest BCUT2D eigenvalue weighted by molar-refractivity contribution is 0.0699. The molecule has 26 heavy (non-hydrogen) atoms. The molecule has 2 aromatic heterocycles. The summed E-state index contributed by atoms with van der Waals surface area (Å²) in [6.07, 6.45) is 1.61. The molecule has 0 spiro atoms. The van der Waals surface area contributed by atoms with E-state index >= 15 is 0 Å². The van der Waals surface area contributed by atoms with Crippen LogP contribution in [-0.2, 0) is 0 Å². The molecule has 2 unspecified atom stereocenters. The van der Waals surface area contributed by atoms with Crippen LogP contribution in [0.25, 0.3) is 5.52 Å². The molecule has 0 bridgehead atoms. The number of alkyl halides is 1. The second kappa shape index (κ2) is 6.05. The summed E-state index contributed by atoms with van der Waals surface area (Å²) in [4.78, 5) is 12.9. The SMILES string of the molecule is O=C(O)c1cnn2ccc(N3CC(F)CC3c3cc(F)ccc3F)cc12. The molecule has 1 aromatic carbocycles. The molecule has 0 amide bonds. The maximum absolute atomic E-state index is 14.2. The first-order chi connectivity index (χ1) is 12.4. The average Bonchev–Trinajstić information content (AvgIpc) is 3.19. The van der Waals surface area contributed by atoms with E-state index < -0.39 is 29.8 Å². The lowest BCUT2D eigenvalue weighted by Gasteiger charge is -2.27. The number of fused-ring (bicyclic) bond motifs is 1. The van der Waals surface area contributed by atoms with E-state index in [0.29, 0.717) is 11.2 Å². The zero-order valence-corrected chi connectivity index (χ0v) is 13.4. The van der Waals surface area contributed by atoms with E-state index in [1.165, 1.54) is 10.7 Å². The van der Waals surface area contributed by atoms with E-state index in [9.17, 15) is 23.1 Å². The van der Waals surface area contributed by atoms with Crippen LogP contribution in [0.4, 0.5) is 18.9 Å². The third-order valence-corrected chi connectivity index (χ3v) is 4.63. The Hall–Kier alpha value is -3.03. The fourth-order valence-corrected chi connectivity index (χ4v) is 3.45. The first kappa shape index (κ1) is 16.4. The van der Waals surface area contributed by atoms with Gasteiger partial charge in [-0.05, 0) is 30.3 Å². The van der Waals surface area contributed by atoms with Gasteiger partial charge in [0, 0.05) is 30.4 Å². The molecule has 1 saturated heterocycles. The smallest absolute Gasteiger partial charge is 0.339 e. The first-order valence-electron chi connectivity index (χ1n) is 8.00. The monoisotopic (exact) mass is 361 g/mol. The Balaban J connectivity index is 1.80. The van der Waals surface area contributed by atoms with Gasteiger partial charge in [-0.3, -0.25) is 0 Å². The number of anilines is 1. The van der Waals surface area contributed by atoms with Gasteiger partial charge in [-0.1, -0.05) is 0 Å². The van der Waals surface area contributed by atoms with Crippen molar-refractivity contribution < 1.29 is 23.1 Å². The number of pyridine rings is 1. The molecule has 2 atom stereocenters. The number of aromatic carboxylic acids is 1. The molecule has 1 fully saturated rings. The Bertz CT molecular complexity index is 1000. The van der Waals surface area contributed by atoms with Crippen molar-refractivity contribution in [2.24, 2.45) is 0 Å². The predicted octanol–water partition coefficient (Wildman–Crippen LogP) is 3.60. The van der Waals surface area contributed by atoms with Crippen molar-refractivity contribution in [3.05, 3.63) is 65.5 Å². The van der Waals surface area contributed by atoms with Crippen molar-refractivity contribution in [2.75, 3.05) is 11.4 Å². The van der Waals surface area contributed by atoms with Crippen molar-refractivity contribution in [1.29, 1.82) is 0 Å². The number of nitrogens with zero attached hydrogens (tertiary/aromatic N) is 3. The molecule has 1 aliphatic heterocycles. The lowest BCUT2D eigenvalue weighted by Crippen LogP contribution is -2.24. The van der Waals surface area contributed by atoms with Crippen LogP contribution in [0.5, 0.6) is 0 Å². The summed E-state index contributed by atoms with van der Waals surface area (Å²) in [5, 5.41) is 13.2. The van der Waals surface area contributed by atoms with Crippen molar-refractivity contribution in [2.45, 2.75) is 18.6 Å². The summed E-state index contributed by atoms with van der Waals surface area (Å²) in [7, 11) is 0. The van der Waals surface area contributed by atoms with Crippen LogP contribution in [0.15, 0.2) is 42.7 Å². The van der Waals surface area contributed by atoms with Gasteiger partial charge in [-0.25, -0.2) is 22.5 Å². The maximum Gasteiger partial charge on any atom is 0.339 e. The Morgan fingerprint density at radius 3 is 2.81 bits per heavy atom. The van der Waals surface area contributed by atoms with Crippen LogP contribution in [0.3, 0.4) is 0 Å². The minimum atomic E-state index is -1.21. The Morgan fingerprint density at radius 1 is 1.23 bits per heavy atom. The molecule has 1 N–H and O–H groups in total. The van der Waals surface area contributed by atoms with E-state index in [-0.39, 0.29) is 24.1 Å². The highest BCUT2D eigenvalue weighted by Gasteiger charge is 2.35. The molecular formula is C18H14F3N3O2. The highest BCUT2D eigenvalue weighted by Crippen LogP contribution is 2.39. The molecule has 4 rings (SSSR count). The number of carboxylic acids is 1. The number of rotatable bonds is 3. The van der Waals surface area contributed by atoms with Crippen molar-refractivity contribution in [1.82, 2.24) is 9.61 Å². The molecule has 0 aliphatic carbocycles. The molecule has 3 heterocycles. The van der Waals surface area contributed by atoms with Gasteiger partial charge in [0.05, 0.1) is 17.8 Å². The Kier molecular flexibility index (Phi) is 3.82. The van der Waals surface area contributed by atoms with E-state index in [0.717, 1.165) is 18.2 Å². The largest absolute Gasteiger partial charge is 0.478 e. The van der Waals surface area contributed by atoms with Crippen molar-refractivity contribution in [3.63, 3.8) is 0 Å². The summed E-state index contributed by atoms with van der Waals surface area (Å²) >= 11 is 0. The van der Waals surface area contributed by atoms with Gasteiger partial charge in [0.15, 0.2) is 0 Å². The molecule has 3 aromatic rings. The predicted molar refractivity (Wildman–Crippen MR) is 88.1 cm³/mol. The van der Waals surface area contributed by atoms with Gasteiger partial charge < -0.3 is 10.0 Å². The summed E-state index contributed by atoms with van der Waals surface area (Å²) < 4.78 is 43.3. The summed E-state index contributed by atoms with van der Waals surface area (Å²) in [6.45, 7) is 0.00728. The Morgan fingerprint density at radius 2 is 2.04 bits per heavy atom. The van der Waals surface area contributed by atoms with Crippen LogP contribution in [0.1, 0.15) is 28.4 Å². The minimum Gasteiger partial charge on any atom is -0.478 e. The van der Waals surface area contributed by atoms with E-state index in [4.69, 9.17) is 0 Å². The van der Waals surface area contributed by atoms with Gasteiger partial charge in [-0.2, -0.15) is 5.10 Å². The molecule has 1 aliphatic rings. The highest BCUT2D eigenvalue weighted by molar-refractivity contribution is 5.95. The molecule has 0 saturated carbocycles. The topological polar surface area (TPSA) is 57.8 Å². The molecule has 134 valence electrons. The summed E-state index contributed by atoms with van der Waals surface area (Å²) in [6, 6.07) is 5.65. The lowest BCUT2D eigenvalue weighted by atomic mass is 10.0. The Labute approximate surface area is 146 Å². The fraction of sp³-hybridized carbons (Fsp3) is 0.222. The second-order valence-electron chi connectivity index (χ2n) is 6.25. The molecule has 8 heteroatoms. The second-order valence-corrected chi connectivity index (χ2v) is 6.25. The van der Waals surface area contributed by atoms with Crippen molar-refractivity contribution >= 4 is 17.2 Å². The zero-order chi connectivity index (χ0) is 18.4. The molecule has 5 nitrogen and oxygen atoms in total. The van der Waals surface area contributed by atoms with Crippen LogP contribution in [-0.4, -0.2) is 33.4 Å². The van der Waals surface area contributed by atoms with E-state index in [2.05, 4.69) is 5.10 Å². The number of hydrogen-bond acceptors (Lipinski definition) is 3. The van der Waals surface area contributed by atoms with Crippen LogP contribution in [0, 0.1) is 11.6 Å². The molecular weight excluding hydrogens is 347 g/mol. The fourth-order valence-electron chi connectivity index (χ4n) is 3.45. The third-order valence-electron chi connectivity index (χ3n) is 4.63. The number of benzene rings is 1. The van der Waals surface area contributed by atoms with Crippen LogP contribution < -0.4 is 4.90 Å². The van der Waals surface area contributed by atoms with Crippen molar-refractivity contribution in [3.8, 4) is 0 Å². The maximum atomic E-state index is 14.2. The third kappa shape index (κ3) is 2.67. The summed E-state index contributed by atoms with van der Waals surface area (Å²) in [5.74, 6) is -2.33. The zero-order valence-electron chi connectivity index (χ0n) is 13.4. The quantitative estimate of drug-likeness (QED) is 0.774. The minimum absolute atomic E-state index is 0.00728. The van der Waals surface area contributed by atoms with Gasteiger partial charge >= 0.3 is 5.97 Å². The molecule has 0 radical (unpaired) electrons. The van der Waals surface area contributed by atoms with E-state index in [1.807, 2.05) is 0 Å². The van der Waals surface area contributed by atoms with Crippen LogP contribution >= 0.6 is 0 Å². The average molecular weight is 361 g/mol.